The Labute approximate surface area is 98.2 Å². The van der Waals surface area contributed by atoms with Crippen molar-refractivity contribution >= 4 is 18.0 Å². The van der Waals surface area contributed by atoms with Crippen LogP contribution in [0.2, 0.25) is 0 Å². The molecule has 0 amide bonds. The van der Waals surface area contributed by atoms with Crippen LogP contribution in [0.25, 0.3) is 0 Å². The molecule has 2 rings (SSSR count). The molecule has 0 fully saturated rings. The minimum absolute atomic E-state index is 0.0324. The number of carbonyl (C=O) groups is 1. The van der Waals surface area contributed by atoms with E-state index in [1.165, 1.54) is 0 Å². The predicted octanol–water partition coefficient (Wildman–Crippen LogP) is 2.56. The molecule has 0 atom stereocenters. The maximum absolute atomic E-state index is 11.8. The van der Waals surface area contributed by atoms with E-state index in [-0.39, 0.29) is 12.2 Å². The molecule has 1 N–H and O–H groups in total. The van der Waals surface area contributed by atoms with Crippen molar-refractivity contribution in [1.29, 1.82) is 0 Å². The van der Waals surface area contributed by atoms with E-state index in [2.05, 4.69) is 9.97 Å². The minimum atomic E-state index is 0.0324. The monoisotopic (exact) mass is 230 g/mol. The zero-order valence-corrected chi connectivity index (χ0v) is 9.33. The van der Waals surface area contributed by atoms with Gasteiger partial charge in [0.1, 0.15) is 10.5 Å². The quantitative estimate of drug-likeness (QED) is 0.651. The molecule has 0 aliphatic heterocycles. The summed E-state index contributed by atoms with van der Waals surface area (Å²) in [4.78, 5) is 18.8. The van der Waals surface area contributed by atoms with Crippen LogP contribution >= 0.6 is 12.2 Å². The number of Topliss-reactive ketones (excluding diaryl/α,β-unsaturated/α-hetero) is 1. The molecular weight excluding hydrogens is 220 g/mol. The molecule has 3 nitrogen and oxygen atoms in total. The second-order valence-electron chi connectivity index (χ2n) is 3.35. The third-order valence-electron chi connectivity index (χ3n) is 2.15. The molecule has 80 valence electrons. The largest absolute Gasteiger partial charge is 0.334 e. The fourth-order valence-electron chi connectivity index (χ4n) is 1.38. The van der Waals surface area contributed by atoms with Crippen molar-refractivity contribution in [2.75, 3.05) is 0 Å². The number of aromatic nitrogens is 2. The van der Waals surface area contributed by atoms with Crippen molar-refractivity contribution in [3.05, 3.63) is 58.6 Å². The summed E-state index contributed by atoms with van der Waals surface area (Å²) in [6.07, 6.45) is 1.85. The Balaban J connectivity index is 2.17. The van der Waals surface area contributed by atoms with Crippen LogP contribution in [0.1, 0.15) is 16.2 Å². The van der Waals surface area contributed by atoms with Crippen LogP contribution in [-0.2, 0) is 6.42 Å². The summed E-state index contributed by atoms with van der Waals surface area (Å²) < 4.78 is 0.589. The lowest BCUT2D eigenvalue weighted by molar-refractivity contribution is 0.0991. The van der Waals surface area contributed by atoms with Gasteiger partial charge in [0.2, 0.25) is 0 Å². The number of hydrogen-bond acceptors (Lipinski definition) is 3. The zero-order chi connectivity index (χ0) is 11.4. The Bertz CT molecular complexity index is 548. The topological polar surface area (TPSA) is 45.8 Å². The van der Waals surface area contributed by atoms with E-state index in [1.54, 1.807) is 24.4 Å². The van der Waals surface area contributed by atoms with Crippen molar-refractivity contribution in [1.82, 2.24) is 9.97 Å². The highest BCUT2D eigenvalue weighted by atomic mass is 32.1. The van der Waals surface area contributed by atoms with Gasteiger partial charge in [-0.2, -0.15) is 0 Å². The fraction of sp³-hybridized carbons (Fsp3) is 0.0833. The van der Waals surface area contributed by atoms with Crippen molar-refractivity contribution in [3.8, 4) is 0 Å². The normalized spacial score (nSPS) is 10.0. The molecule has 0 bridgehead atoms. The summed E-state index contributed by atoms with van der Waals surface area (Å²) in [5.74, 6) is 0.631. The Hall–Kier alpha value is -1.81. The Morgan fingerprint density at radius 1 is 1.25 bits per heavy atom. The Kier molecular flexibility index (Phi) is 3.22. The van der Waals surface area contributed by atoms with Gasteiger partial charge in [-0.1, -0.05) is 42.5 Å². The summed E-state index contributed by atoms with van der Waals surface area (Å²) in [5.41, 5.74) is 0.687. The van der Waals surface area contributed by atoms with Crippen LogP contribution in [0.4, 0.5) is 0 Å². The maximum Gasteiger partial charge on any atom is 0.170 e. The first-order valence-corrected chi connectivity index (χ1v) is 5.29. The van der Waals surface area contributed by atoms with Gasteiger partial charge in [-0.3, -0.25) is 4.79 Å². The van der Waals surface area contributed by atoms with Gasteiger partial charge in [0.15, 0.2) is 5.78 Å². The molecule has 0 unspecified atom stereocenters. The summed E-state index contributed by atoms with van der Waals surface area (Å²) in [6.45, 7) is 0. The Morgan fingerprint density at radius 3 is 2.69 bits per heavy atom. The first-order chi connectivity index (χ1) is 7.75. The third-order valence-corrected chi connectivity index (χ3v) is 2.39. The average Bonchev–Trinajstić information content (AvgIpc) is 2.30. The molecule has 1 aromatic carbocycles. The number of nitrogens with one attached hydrogen (secondary N) is 1. The van der Waals surface area contributed by atoms with Gasteiger partial charge in [0, 0.05) is 11.8 Å². The number of rotatable bonds is 3. The van der Waals surface area contributed by atoms with Gasteiger partial charge in [-0.15, -0.1) is 0 Å². The lowest BCUT2D eigenvalue weighted by atomic mass is 10.1. The third kappa shape index (κ3) is 2.61. The number of aromatic amines is 1. The van der Waals surface area contributed by atoms with Gasteiger partial charge in [-0.05, 0) is 6.07 Å². The standard InChI is InChI=1S/C12H10N2OS/c15-10(9-4-2-1-3-5-9)8-11-13-7-6-12(16)14-11/h1-7H,8H2,(H,13,14,16). The van der Waals surface area contributed by atoms with Crippen molar-refractivity contribution in [3.63, 3.8) is 0 Å². The highest BCUT2D eigenvalue weighted by Gasteiger charge is 2.06. The summed E-state index contributed by atoms with van der Waals surface area (Å²) >= 11 is 4.96. The van der Waals surface area contributed by atoms with E-state index in [0.29, 0.717) is 16.0 Å². The summed E-state index contributed by atoms with van der Waals surface area (Å²) in [6, 6.07) is 10.8. The zero-order valence-electron chi connectivity index (χ0n) is 8.51. The van der Waals surface area contributed by atoms with Gasteiger partial charge >= 0.3 is 0 Å². The number of H-pyrrole nitrogens is 1. The van der Waals surface area contributed by atoms with Gasteiger partial charge in [0.25, 0.3) is 0 Å². The van der Waals surface area contributed by atoms with Crippen LogP contribution in [0.15, 0.2) is 42.6 Å². The Morgan fingerprint density at radius 2 is 2.00 bits per heavy atom. The molecule has 0 aliphatic rings. The lowest BCUT2D eigenvalue weighted by Crippen LogP contribution is -2.06. The number of ketones is 1. The van der Waals surface area contributed by atoms with Crippen LogP contribution in [-0.4, -0.2) is 15.8 Å². The highest BCUT2D eigenvalue weighted by molar-refractivity contribution is 7.71. The van der Waals surface area contributed by atoms with E-state index in [4.69, 9.17) is 12.2 Å². The van der Waals surface area contributed by atoms with Gasteiger partial charge in [0.05, 0.1) is 6.42 Å². The number of hydrogen-bond donors (Lipinski definition) is 1. The fourth-order valence-corrected chi connectivity index (χ4v) is 1.56. The first-order valence-electron chi connectivity index (χ1n) is 4.88. The number of nitrogens with zero attached hydrogens (tertiary/aromatic N) is 1. The van der Waals surface area contributed by atoms with E-state index < -0.39 is 0 Å². The number of carbonyl (C=O) groups excluding carboxylic acids is 1. The molecule has 0 spiro atoms. The molecule has 2 aromatic rings. The van der Waals surface area contributed by atoms with Gasteiger partial charge in [-0.25, -0.2) is 4.98 Å². The molecule has 0 saturated carbocycles. The van der Waals surface area contributed by atoms with Crippen molar-refractivity contribution < 1.29 is 4.79 Å². The van der Waals surface area contributed by atoms with E-state index >= 15 is 0 Å². The molecule has 0 radical (unpaired) electrons. The van der Waals surface area contributed by atoms with Crippen LogP contribution in [0.5, 0.6) is 0 Å². The van der Waals surface area contributed by atoms with E-state index in [0.717, 1.165) is 0 Å². The molecular formula is C12H10N2OS. The summed E-state index contributed by atoms with van der Waals surface area (Å²) in [7, 11) is 0. The average molecular weight is 230 g/mol. The van der Waals surface area contributed by atoms with Crippen molar-refractivity contribution in [2.45, 2.75) is 6.42 Å². The predicted molar refractivity (Wildman–Crippen MR) is 63.9 cm³/mol. The SMILES string of the molecule is O=C(Cc1nccc(=S)[nH]1)c1ccccc1. The molecule has 4 heteroatoms. The maximum atomic E-state index is 11.8. The molecule has 0 aliphatic carbocycles. The highest BCUT2D eigenvalue weighted by Crippen LogP contribution is 2.03. The summed E-state index contributed by atoms with van der Waals surface area (Å²) in [5, 5.41) is 0. The smallest absolute Gasteiger partial charge is 0.170 e. The minimum Gasteiger partial charge on any atom is -0.334 e. The van der Waals surface area contributed by atoms with Gasteiger partial charge < -0.3 is 4.98 Å². The van der Waals surface area contributed by atoms with Crippen LogP contribution < -0.4 is 0 Å². The van der Waals surface area contributed by atoms with E-state index in [9.17, 15) is 4.79 Å². The molecule has 0 saturated heterocycles. The number of benzene rings is 1. The molecule has 1 heterocycles. The molecule has 16 heavy (non-hydrogen) atoms. The first kappa shape index (κ1) is 10.7. The van der Waals surface area contributed by atoms with Crippen LogP contribution in [0, 0.1) is 4.64 Å². The van der Waals surface area contributed by atoms with Crippen molar-refractivity contribution in [2.24, 2.45) is 0 Å². The van der Waals surface area contributed by atoms with E-state index in [1.807, 2.05) is 18.2 Å². The second kappa shape index (κ2) is 4.81. The van der Waals surface area contributed by atoms with Crippen LogP contribution in [0.3, 0.4) is 0 Å². The second-order valence-corrected chi connectivity index (χ2v) is 3.79. The molecule has 1 aromatic heterocycles. The lowest BCUT2D eigenvalue weighted by Gasteiger charge is -2.00.